The third-order valence-electron chi connectivity index (χ3n) is 3.60. The van der Waals surface area contributed by atoms with Crippen molar-refractivity contribution in [1.82, 2.24) is 9.78 Å². The molecule has 3 rings (SSSR count). The second kappa shape index (κ2) is 7.98. The Hall–Kier alpha value is -2.60. The third kappa shape index (κ3) is 4.48. The molecular weight excluding hydrogens is 382 g/mol. The van der Waals surface area contributed by atoms with Gasteiger partial charge in [0.2, 0.25) is 0 Å². The first-order valence-electron chi connectivity index (χ1n) is 7.96. The second-order valence-corrected chi connectivity index (χ2v) is 6.35. The van der Waals surface area contributed by atoms with E-state index in [2.05, 4.69) is 26.3 Å². The summed E-state index contributed by atoms with van der Waals surface area (Å²) < 4.78 is 8.30. The molecule has 0 aliphatic carbocycles. The fraction of sp³-hybridized carbons (Fsp3) is 0.158. The fourth-order valence-corrected chi connectivity index (χ4v) is 2.75. The molecule has 0 fully saturated rings. The van der Waals surface area contributed by atoms with Gasteiger partial charge >= 0.3 is 0 Å². The van der Waals surface area contributed by atoms with E-state index in [1.54, 1.807) is 6.20 Å². The molecule has 128 valence electrons. The molecule has 0 aliphatic rings. The van der Waals surface area contributed by atoms with Gasteiger partial charge in [0.25, 0.3) is 5.91 Å². The van der Waals surface area contributed by atoms with Crippen LogP contribution in [-0.4, -0.2) is 22.3 Å². The van der Waals surface area contributed by atoms with Crippen molar-refractivity contribution in [3.63, 3.8) is 0 Å². The molecule has 0 spiro atoms. The monoisotopic (exact) mass is 399 g/mol. The van der Waals surface area contributed by atoms with E-state index in [1.807, 2.05) is 66.3 Å². The maximum atomic E-state index is 12.5. The lowest BCUT2D eigenvalue weighted by Crippen LogP contribution is -2.13. The minimum absolute atomic E-state index is 0.166. The number of para-hydroxylation sites is 2. The number of hydrogen-bond donors (Lipinski definition) is 1. The van der Waals surface area contributed by atoms with Crippen LogP contribution in [0.1, 0.15) is 22.8 Å². The van der Waals surface area contributed by atoms with Crippen molar-refractivity contribution < 1.29 is 9.53 Å². The molecule has 0 radical (unpaired) electrons. The molecule has 25 heavy (non-hydrogen) atoms. The van der Waals surface area contributed by atoms with Gasteiger partial charge in [-0.2, -0.15) is 5.10 Å². The molecule has 0 saturated carbocycles. The zero-order valence-electron chi connectivity index (χ0n) is 13.8. The number of carbonyl (C=O) groups excluding carboxylic acids is 1. The van der Waals surface area contributed by atoms with E-state index in [9.17, 15) is 4.79 Å². The van der Waals surface area contributed by atoms with Gasteiger partial charge in [-0.05, 0) is 52.7 Å². The highest BCUT2D eigenvalue weighted by molar-refractivity contribution is 9.10. The maximum absolute atomic E-state index is 12.5. The molecule has 3 aromatic rings. The van der Waals surface area contributed by atoms with E-state index in [-0.39, 0.29) is 5.91 Å². The van der Waals surface area contributed by atoms with Gasteiger partial charge in [-0.15, -0.1) is 0 Å². The van der Waals surface area contributed by atoms with Crippen LogP contribution in [0.3, 0.4) is 0 Å². The van der Waals surface area contributed by atoms with Crippen LogP contribution in [0.2, 0.25) is 0 Å². The molecule has 0 bridgehead atoms. The highest BCUT2D eigenvalue weighted by Crippen LogP contribution is 2.24. The van der Waals surface area contributed by atoms with Gasteiger partial charge in [0.15, 0.2) is 0 Å². The SMILES string of the molecule is CCOc1ccccc1NC(=O)c1ccc(Cn2cc(Br)cn2)cc1. The van der Waals surface area contributed by atoms with Crippen LogP contribution in [0.5, 0.6) is 5.75 Å². The van der Waals surface area contributed by atoms with E-state index in [0.717, 1.165) is 10.0 Å². The molecule has 5 nitrogen and oxygen atoms in total. The Morgan fingerprint density at radius 2 is 1.96 bits per heavy atom. The largest absolute Gasteiger partial charge is 0.492 e. The third-order valence-corrected chi connectivity index (χ3v) is 4.01. The molecule has 1 aromatic heterocycles. The van der Waals surface area contributed by atoms with Crippen molar-refractivity contribution >= 4 is 27.5 Å². The molecule has 0 saturated heterocycles. The zero-order valence-corrected chi connectivity index (χ0v) is 15.4. The van der Waals surface area contributed by atoms with Gasteiger partial charge < -0.3 is 10.1 Å². The van der Waals surface area contributed by atoms with Crippen LogP contribution >= 0.6 is 15.9 Å². The van der Waals surface area contributed by atoms with Crippen molar-refractivity contribution in [2.45, 2.75) is 13.5 Å². The van der Waals surface area contributed by atoms with E-state index >= 15 is 0 Å². The summed E-state index contributed by atoms with van der Waals surface area (Å²) in [7, 11) is 0. The Kier molecular flexibility index (Phi) is 5.50. The molecule has 2 aromatic carbocycles. The normalized spacial score (nSPS) is 10.5. The first kappa shape index (κ1) is 17.2. The summed E-state index contributed by atoms with van der Waals surface area (Å²) in [5, 5.41) is 7.12. The van der Waals surface area contributed by atoms with Crippen LogP contribution < -0.4 is 10.1 Å². The molecule has 1 amide bonds. The minimum atomic E-state index is -0.166. The number of benzene rings is 2. The summed E-state index contributed by atoms with van der Waals surface area (Å²) >= 11 is 3.38. The van der Waals surface area contributed by atoms with Crippen LogP contribution in [0.15, 0.2) is 65.4 Å². The molecule has 6 heteroatoms. The number of aromatic nitrogens is 2. The summed E-state index contributed by atoms with van der Waals surface area (Å²) in [4.78, 5) is 12.5. The van der Waals surface area contributed by atoms with Crippen molar-refractivity contribution in [2.75, 3.05) is 11.9 Å². The van der Waals surface area contributed by atoms with Crippen LogP contribution in [0.25, 0.3) is 0 Å². The molecule has 0 aliphatic heterocycles. The van der Waals surface area contributed by atoms with Gasteiger partial charge in [-0.1, -0.05) is 24.3 Å². The quantitative estimate of drug-likeness (QED) is 0.670. The predicted molar refractivity (Wildman–Crippen MR) is 101 cm³/mol. The van der Waals surface area contributed by atoms with E-state index in [0.29, 0.717) is 30.2 Å². The van der Waals surface area contributed by atoms with Gasteiger partial charge in [-0.25, -0.2) is 0 Å². The number of halogens is 1. The van der Waals surface area contributed by atoms with Gasteiger partial charge in [0.05, 0.1) is 29.5 Å². The lowest BCUT2D eigenvalue weighted by molar-refractivity contribution is 0.102. The van der Waals surface area contributed by atoms with Gasteiger partial charge in [0, 0.05) is 11.8 Å². The van der Waals surface area contributed by atoms with Crippen LogP contribution in [0, 0.1) is 0 Å². The average Bonchev–Trinajstić information content (AvgIpc) is 3.02. The molecule has 1 N–H and O–H groups in total. The van der Waals surface area contributed by atoms with Crippen molar-refractivity contribution in [3.8, 4) is 5.75 Å². The summed E-state index contributed by atoms with van der Waals surface area (Å²) in [6.45, 7) is 3.11. The highest BCUT2D eigenvalue weighted by atomic mass is 79.9. The lowest BCUT2D eigenvalue weighted by atomic mass is 10.1. The van der Waals surface area contributed by atoms with Gasteiger partial charge in [-0.3, -0.25) is 9.48 Å². The van der Waals surface area contributed by atoms with Gasteiger partial charge in [0.1, 0.15) is 5.75 Å². The second-order valence-electron chi connectivity index (χ2n) is 5.44. The molecule has 0 atom stereocenters. The summed E-state index contributed by atoms with van der Waals surface area (Å²) in [5.41, 5.74) is 2.33. The topological polar surface area (TPSA) is 56.1 Å². The molecule has 0 unspecified atom stereocenters. The number of ether oxygens (including phenoxy) is 1. The number of nitrogens with one attached hydrogen (secondary N) is 1. The number of amides is 1. The Labute approximate surface area is 154 Å². The number of nitrogens with zero attached hydrogens (tertiary/aromatic N) is 2. The number of rotatable bonds is 6. The first-order valence-corrected chi connectivity index (χ1v) is 8.75. The summed E-state index contributed by atoms with van der Waals surface area (Å²) in [6, 6.07) is 14.9. The Bertz CT molecular complexity index is 859. The Morgan fingerprint density at radius 1 is 1.20 bits per heavy atom. The van der Waals surface area contributed by atoms with Crippen molar-refractivity contribution in [2.24, 2.45) is 0 Å². The minimum Gasteiger partial charge on any atom is -0.492 e. The van der Waals surface area contributed by atoms with E-state index < -0.39 is 0 Å². The predicted octanol–water partition coefficient (Wildman–Crippen LogP) is 4.34. The number of anilines is 1. The van der Waals surface area contributed by atoms with Crippen LogP contribution in [0.4, 0.5) is 5.69 Å². The summed E-state index contributed by atoms with van der Waals surface area (Å²) in [6.07, 6.45) is 3.66. The fourth-order valence-electron chi connectivity index (χ4n) is 2.42. The van der Waals surface area contributed by atoms with Crippen molar-refractivity contribution in [3.05, 3.63) is 76.5 Å². The smallest absolute Gasteiger partial charge is 0.255 e. The average molecular weight is 400 g/mol. The summed E-state index contributed by atoms with van der Waals surface area (Å²) in [5.74, 6) is 0.500. The van der Waals surface area contributed by atoms with Crippen molar-refractivity contribution in [1.29, 1.82) is 0 Å². The Morgan fingerprint density at radius 3 is 2.64 bits per heavy atom. The first-order chi connectivity index (χ1) is 12.2. The zero-order chi connectivity index (χ0) is 17.6. The maximum Gasteiger partial charge on any atom is 0.255 e. The Balaban J connectivity index is 1.68. The van der Waals surface area contributed by atoms with E-state index in [1.165, 1.54) is 0 Å². The number of hydrogen-bond acceptors (Lipinski definition) is 3. The molecule has 1 heterocycles. The van der Waals surface area contributed by atoms with Crippen LogP contribution in [-0.2, 0) is 6.54 Å². The highest BCUT2D eigenvalue weighted by Gasteiger charge is 2.09. The van der Waals surface area contributed by atoms with E-state index in [4.69, 9.17) is 4.74 Å². The number of carbonyl (C=O) groups is 1. The standard InChI is InChI=1S/C19H18BrN3O2/c1-2-25-18-6-4-3-5-17(18)22-19(24)15-9-7-14(8-10-15)12-23-13-16(20)11-21-23/h3-11,13H,2,12H2,1H3,(H,22,24). The molecular formula is C19H18BrN3O2. The lowest BCUT2D eigenvalue weighted by Gasteiger charge is -2.11.